The fraction of sp³-hybridized carbons (Fsp3) is 0.500. The van der Waals surface area contributed by atoms with Crippen molar-refractivity contribution in [3.05, 3.63) is 46.3 Å². The van der Waals surface area contributed by atoms with Gasteiger partial charge in [-0.05, 0) is 43.5 Å². The number of hydrogen-bond donors (Lipinski definition) is 1. The highest BCUT2D eigenvalue weighted by molar-refractivity contribution is 5.88. The summed E-state index contributed by atoms with van der Waals surface area (Å²) in [4.78, 5) is 29.1. The number of methoxy groups -OCH3 is 1. The van der Waals surface area contributed by atoms with Gasteiger partial charge < -0.3 is 19.5 Å². The number of carbonyl (C=O) groups is 2. The number of ether oxygens (including phenoxy) is 1. The zero-order chi connectivity index (χ0) is 21.8. The van der Waals surface area contributed by atoms with Gasteiger partial charge in [0.15, 0.2) is 5.76 Å². The highest BCUT2D eigenvalue weighted by atomic mass is 16.5. The first-order chi connectivity index (χ1) is 14.3. The van der Waals surface area contributed by atoms with E-state index in [1.165, 1.54) is 0 Å². The fourth-order valence-corrected chi connectivity index (χ4v) is 3.77. The minimum Gasteiger partial charge on any atom is -0.496 e. The molecule has 0 bridgehead atoms. The Labute approximate surface area is 177 Å². The van der Waals surface area contributed by atoms with E-state index >= 15 is 0 Å². The van der Waals surface area contributed by atoms with Gasteiger partial charge in [0.1, 0.15) is 5.75 Å². The van der Waals surface area contributed by atoms with Crippen molar-refractivity contribution >= 4 is 11.8 Å². The van der Waals surface area contributed by atoms with Crippen molar-refractivity contribution in [1.82, 2.24) is 20.3 Å². The summed E-state index contributed by atoms with van der Waals surface area (Å²) in [5.74, 6) is 1.25. The van der Waals surface area contributed by atoms with E-state index in [1.807, 2.05) is 26.0 Å². The number of rotatable bonds is 7. The van der Waals surface area contributed by atoms with Crippen molar-refractivity contribution < 1.29 is 18.8 Å². The molecule has 1 atom stereocenters. The van der Waals surface area contributed by atoms with Crippen molar-refractivity contribution in [2.45, 2.75) is 46.3 Å². The molecule has 1 N–H and O–H groups in total. The smallest absolute Gasteiger partial charge is 0.237 e. The van der Waals surface area contributed by atoms with Crippen LogP contribution in [0.3, 0.4) is 0 Å². The van der Waals surface area contributed by atoms with E-state index in [-0.39, 0.29) is 18.2 Å². The number of carbonyl (C=O) groups excluding carboxylic acids is 2. The Bertz CT molecular complexity index is 924. The summed E-state index contributed by atoms with van der Waals surface area (Å²) in [6.45, 7) is 8.12. The Morgan fingerprint density at radius 2 is 2.10 bits per heavy atom. The molecular formula is C22H30N4O4. The Balaban J connectivity index is 1.71. The maximum absolute atomic E-state index is 12.8. The molecule has 1 fully saturated rings. The van der Waals surface area contributed by atoms with Gasteiger partial charge in [-0.2, -0.15) is 0 Å². The second kappa shape index (κ2) is 9.30. The van der Waals surface area contributed by atoms with Gasteiger partial charge in [-0.3, -0.25) is 14.5 Å². The van der Waals surface area contributed by atoms with Crippen LogP contribution in [0.5, 0.6) is 5.75 Å². The standard InChI is InChI=1S/C22H30N4O4/c1-14-10-18(30-24-14)13-25(4)21(27)11-19-22(28)23-8-9-26(19)12-17-6-7-20(29-5)16(3)15(17)2/h6-7,10,19H,8-9,11-13H2,1-5H3,(H,23,28). The van der Waals surface area contributed by atoms with Gasteiger partial charge in [-0.15, -0.1) is 0 Å². The Kier molecular flexibility index (Phi) is 6.77. The molecular weight excluding hydrogens is 384 g/mol. The summed E-state index contributed by atoms with van der Waals surface area (Å²) in [6, 6.07) is 5.28. The van der Waals surface area contributed by atoms with Crippen LogP contribution in [-0.4, -0.2) is 60.1 Å². The molecule has 1 unspecified atom stereocenters. The van der Waals surface area contributed by atoms with Crippen LogP contribution in [0.25, 0.3) is 0 Å². The number of aryl methyl sites for hydroxylation is 1. The molecule has 8 nitrogen and oxygen atoms in total. The van der Waals surface area contributed by atoms with Crippen molar-refractivity contribution in [3.8, 4) is 5.75 Å². The van der Waals surface area contributed by atoms with Crippen molar-refractivity contribution in [3.63, 3.8) is 0 Å². The van der Waals surface area contributed by atoms with E-state index in [2.05, 4.69) is 22.3 Å². The molecule has 1 aromatic heterocycles. The predicted molar refractivity (Wildman–Crippen MR) is 112 cm³/mol. The minimum atomic E-state index is -0.507. The lowest BCUT2D eigenvalue weighted by Crippen LogP contribution is -2.56. The van der Waals surface area contributed by atoms with E-state index in [0.717, 1.165) is 28.1 Å². The summed E-state index contributed by atoms with van der Waals surface area (Å²) in [6.07, 6.45) is 0.115. The first-order valence-electron chi connectivity index (χ1n) is 10.1. The van der Waals surface area contributed by atoms with Crippen LogP contribution < -0.4 is 10.1 Å². The third-order valence-corrected chi connectivity index (χ3v) is 5.75. The monoisotopic (exact) mass is 414 g/mol. The van der Waals surface area contributed by atoms with Gasteiger partial charge >= 0.3 is 0 Å². The van der Waals surface area contributed by atoms with Crippen molar-refractivity contribution in [2.24, 2.45) is 0 Å². The third-order valence-electron chi connectivity index (χ3n) is 5.75. The summed E-state index contributed by atoms with van der Waals surface area (Å²) < 4.78 is 10.6. The Morgan fingerprint density at radius 1 is 1.33 bits per heavy atom. The molecule has 162 valence electrons. The van der Waals surface area contributed by atoms with Crippen LogP contribution in [-0.2, 0) is 22.7 Å². The molecule has 1 aromatic carbocycles. The molecule has 1 saturated heterocycles. The number of nitrogens with one attached hydrogen (secondary N) is 1. The van der Waals surface area contributed by atoms with Crippen LogP contribution in [0.4, 0.5) is 0 Å². The normalized spacial score (nSPS) is 17.0. The summed E-state index contributed by atoms with van der Waals surface area (Å²) in [7, 11) is 3.37. The zero-order valence-corrected chi connectivity index (χ0v) is 18.3. The maximum atomic E-state index is 12.8. The molecule has 0 saturated carbocycles. The van der Waals surface area contributed by atoms with E-state index in [9.17, 15) is 9.59 Å². The molecule has 2 heterocycles. The quantitative estimate of drug-likeness (QED) is 0.745. The second-order valence-electron chi connectivity index (χ2n) is 7.84. The molecule has 2 aromatic rings. The Morgan fingerprint density at radius 3 is 2.77 bits per heavy atom. The molecule has 8 heteroatoms. The largest absolute Gasteiger partial charge is 0.496 e. The lowest BCUT2D eigenvalue weighted by atomic mass is 10.00. The summed E-state index contributed by atoms with van der Waals surface area (Å²) >= 11 is 0. The molecule has 1 aliphatic rings. The molecule has 0 aliphatic carbocycles. The second-order valence-corrected chi connectivity index (χ2v) is 7.84. The topological polar surface area (TPSA) is 87.9 Å². The van der Waals surface area contributed by atoms with E-state index < -0.39 is 6.04 Å². The first-order valence-corrected chi connectivity index (χ1v) is 10.1. The minimum absolute atomic E-state index is 0.110. The van der Waals surface area contributed by atoms with E-state index in [4.69, 9.17) is 9.26 Å². The van der Waals surface area contributed by atoms with Gasteiger partial charge in [0.25, 0.3) is 0 Å². The van der Waals surface area contributed by atoms with E-state index in [0.29, 0.717) is 31.9 Å². The van der Waals surface area contributed by atoms with E-state index in [1.54, 1.807) is 25.1 Å². The van der Waals surface area contributed by atoms with Gasteiger partial charge in [-0.25, -0.2) is 0 Å². The van der Waals surface area contributed by atoms with Crippen LogP contribution in [0.15, 0.2) is 22.7 Å². The number of benzene rings is 1. The molecule has 30 heavy (non-hydrogen) atoms. The highest BCUT2D eigenvalue weighted by Crippen LogP contribution is 2.26. The Hall–Kier alpha value is -2.87. The first kappa shape index (κ1) is 21.8. The van der Waals surface area contributed by atoms with Gasteiger partial charge in [0, 0.05) is 32.7 Å². The third kappa shape index (κ3) is 4.81. The number of hydrogen-bond acceptors (Lipinski definition) is 6. The fourth-order valence-electron chi connectivity index (χ4n) is 3.77. The average molecular weight is 415 g/mol. The van der Waals surface area contributed by atoms with Gasteiger partial charge in [0.2, 0.25) is 11.8 Å². The number of amides is 2. The average Bonchev–Trinajstić information content (AvgIpc) is 3.12. The van der Waals surface area contributed by atoms with Gasteiger partial charge in [0.05, 0.1) is 31.8 Å². The van der Waals surface area contributed by atoms with Crippen LogP contribution in [0, 0.1) is 20.8 Å². The molecule has 3 rings (SSSR count). The lowest BCUT2D eigenvalue weighted by Gasteiger charge is -2.35. The number of piperazine rings is 1. The lowest BCUT2D eigenvalue weighted by molar-refractivity contribution is -0.138. The number of nitrogens with zero attached hydrogens (tertiary/aromatic N) is 3. The van der Waals surface area contributed by atoms with Gasteiger partial charge in [-0.1, -0.05) is 11.2 Å². The predicted octanol–water partition coefficient (Wildman–Crippen LogP) is 1.96. The van der Waals surface area contributed by atoms with Crippen molar-refractivity contribution in [2.75, 3.05) is 27.2 Å². The highest BCUT2D eigenvalue weighted by Gasteiger charge is 2.33. The zero-order valence-electron chi connectivity index (χ0n) is 18.3. The maximum Gasteiger partial charge on any atom is 0.237 e. The number of aromatic nitrogens is 1. The molecule has 2 amide bonds. The SMILES string of the molecule is COc1ccc(CN2CCNC(=O)C2CC(=O)N(C)Cc2cc(C)no2)c(C)c1C. The van der Waals surface area contributed by atoms with Crippen LogP contribution in [0.2, 0.25) is 0 Å². The summed E-state index contributed by atoms with van der Waals surface area (Å²) in [5, 5.41) is 6.74. The molecule has 1 aliphatic heterocycles. The molecule has 0 radical (unpaired) electrons. The summed E-state index contributed by atoms with van der Waals surface area (Å²) in [5.41, 5.74) is 4.13. The van der Waals surface area contributed by atoms with Crippen molar-refractivity contribution in [1.29, 1.82) is 0 Å². The van der Waals surface area contributed by atoms with Crippen LogP contribution >= 0.6 is 0 Å². The van der Waals surface area contributed by atoms with Crippen LogP contribution in [0.1, 0.15) is 34.6 Å². The molecule has 0 spiro atoms.